The van der Waals surface area contributed by atoms with Crippen LogP contribution in [0.25, 0.3) is 10.9 Å². The lowest BCUT2D eigenvalue weighted by atomic mass is 10.1. The van der Waals surface area contributed by atoms with E-state index in [1.54, 1.807) is 41.2 Å². The van der Waals surface area contributed by atoms with E-state index in [1.165, 1.54) is 0 Å². The van der Waals surface area contributed by atoms with E-state index < -0.39 is 11.2 Å². The number of hydrogen-bond acceptors (Lipinski definition) is 6. The number of H-pyrrole nitrogens is 1. The fourth-order valence-electron chi connectivity index (χ4n) is 4.42. The summed E-state index contributed by atoms with van der Waals surface area (Å²) in [7, 11) is 0. The lowest BCUT2D eigenvalue weighted by Crippen LogP contribution is -2.49. The smallest absolute Gasteiger partial charge is 0.329 e. The third kappa shape index (κ3) is 4.07. The summed E-state index contributed by atoms with van der Waals surface area (Å²) in [5, 5.41) is 0.465. The van der Waals surface area contributed by atoms with E-state index in [2.05, 4.69) is 19.9 Å². The fourth-order valence-corrected chi connectivity index (χ4v) is 4.42. The summed E-state index contributed by atoms with van der Waals surface area (Å²) in [6.45, 7) is 4.59. The van der Waals surface area contributed by atoms with Crippen molar-refractivity contribution in [1.82, 2.24) is 24.4 Å². The zero-order valence-electron chi connectivity index (χ0n) is 18.8. The molecule has 1 aliphatic heterocycles. The van der Waals surface area contributed by atoms with Crippen LogP contribution in [0, 0.1) is 6.92 Å². The summed E-state index contributed by atoms with van der Waals surface area (Å²) in [4.78, 5) is 52.9. The first-order valence-corrected chi connectivity index (χ1v) is 11.1. The van der Waals surface area contributed by atoms with Gasteiger partial charge in [0.05, 0.1) is 17.4 Å². The Kier molecular flexibility index (Phi) is 5.67. The second kappa shape index (κ2) is 8.93. The number of aromatic amines is 1. The van der Waals surface area contributed by atoms with Gasteiger partial charge < -0.3 is 9.80 Å². The van der Waals surface area contributed by atoms with Gasteiger partial charge in [-0.3, -0.25) is 19.1 Å². The van der Waals surface area contributed by atoms with Crippen molar-refractivity contribution in [3.05, 3.63) is 98.5 Å². The Morgan fingerprint density at radius 1 is 0.971 bits per heavy atom. The Morgan fingerprint density at radius 2 is 1.71 bits per heavy atom. The molecule has 0 aliphatic carbocycles. The number of aryl methyl sites for hydroxylation is 1. The molecule has 1 saturated heterocycles. The van der Waals surface area contributed by atoms with E-state index >= 15 is 0 Å². The monoisotopic (exact) mass is 456 g/mol. The molecule has 0 unspecified atom stereocenters. The fraction of sp³-hybridized carbons (Fsp3) is 0.240. The number of anilines is 1. The van der Waals surface area contributed by atoms with E-state index in [4.69, 9.17) is 0 Å². The molecule has 0 spiro atoms. The van der Waals surface area contributed by atoms with Gasteiger partial charge in [-0.25, -0.2) is 14.8 Å². The second-order valence-electron chi connectivity index (χ2n) is 8.34. The zero-order valence-corrected chi connectivity index (χ0v) is 18.8. The quantitative estimate of drug-likeness (QED) is 0.502. The van der Waals surface area contributed by atoms with Gasteiger partial charge >= 0.3 is 5.69 Å². The highest BCUT2D eigenvalue weighted by Gasteiger charge is 2.23. The van der Waals surface area contributed by atoms with Crippen molar-refractivity contribution >= 4 is 22.8 Å². The number of carbonyl (C=O) groups excluding carboxylic acids is 1. The summed E-state index contributed by atoms with van der Waals surface area (Å²) in [6.07, 6.45) is 3.42. The summed E-state index contributed by atoms with van der Waals surface area (Å²) >= 11 is 0. The number of hydrogen-bond donors (Lipinski definition) is 1. The van der Waals surface area contributed by atoms with E-state index in [-0.39, 0.29) is 12.5 Å². The number of piperazine rings is 1. The maximum absolute atomic E-state index is 13.2. The average Bonchev–Trinajstić information content (AvgIpc) is 2.87. The Labute approximate surface area is 195 Å². The number of carbonyl (C=O) groups is 1. The van der Waals surface area contributed by atoms with Crippen molar-refractivity contribution in [2.75, 3.05) is 31.1 Å². The van der Waals surface area contributed by atoms with Gasteiger partial charge in [0.25, 0.3) is 11.5 Å². The van der Waals surface area contributed by atoms with Crippen molar-refractivity contribution in [2.24, 2.45) is 0 Å². The molecule has 1 aliphatic rings. The Bertz CT molecular complexity index is 1470. The Balaban J connectivity index is 1.37. The SMILES string of the molecule is Cc1cccc2c(=O)[nH]c(=O)n(Cc3cccc(C(=O)N4CCN(c5ncccn5)CC4)c3)c12. The number of rotatable bonds is 4. The number of benzene rings is 2. The van der Waals surface area contributed by atoms with Crippen LogP contribution in [0.3, 0.4) is 0 Å². The first kappa shape index (κ1) is 21.6. The molecule has 34 heavy (non-hydrogen) atoms. The van der Waals surface area contributed by atoms with Crippen molar-refractivity contribution in [3.8, 4) is 0 Å². The van der Waals surface area contributed by atoms with Gasteiger partial charge in [0, 0.05) is 44.1 Å². The average molecular weight is 457 g/mol. The lowest BCUT2D eigenvalue weighted by molar-refractivity contribution is 0.0746. The first-order valence-electron chi connectivity index (χ1n) is 11.1. The molecule has 0 bridgehead atoms. The molecule has 2 aromatic carbocycles. The minimum Gasteiger partial charge on any atom is -0.337 e. The molecule has 0 radical (unpaired) electrons. The maximum Gasteiger partial charge on any atom is 0.329 e. The lowest BCUT2D eigenvalue weighted by Gasteiger charge is -2.34. The molecule has 5 rings (SSSR count). The number of aromatic nitrogens is 4. The molecular formula is C25H24N6O3. The molecule has 0 atom stereocenters. The highest BCUT2D eigenvalue weighted by atomic mass is 16.2. The van der Waals surface area contributed by atoms with Gasteiger partial charge in [-0.2, -0.15) is 0 Å². The molecule has 0 saturated carbocycles. The molecule has 9 heteroatoms. The number of amides is 1. The van der Waals surface area contributed by atoms with Crippen LogP contribution in [0.4, 0.5) is 5.95 Å². The molecule has 9 nitrogen and oxygen atoms in total. The predicted molar refractivity (Wildman–Crippen MR) is 129 cm³/mol. The van der Waals surface area contributed by atoms with Crippen LogP contribution in [0.2, 0.25) is 0 Å². The van der Waals surface area contributed by atoms with Gasteiger partial charge in [0.15, 0.2) is 0 Å². The van der Waals surface area contributed by atoms with Gasteiger partial charge in [-0.15, -0.1) is 0 Å². The largest absolute Gasteiger partial charge is 0.337 e. The number of para-hydroxylation sites is 1. The third-order valence-electron chi connectivity index (χ3n) is 6.13. The first-order chi connectivity index (χ1) is 16.5. The minimum absolute atomic E-state index is 0.0506. The van der Waals surface area contributed by atoms with E-state index in [1.807, 2.05) is 36.1 Å². The van der Waals surface area contributed by atoms with Crippen molar-refractivity contribution in [3.63, 3.8) is 0 Å². The second-order valence-corrected chi connectivity index (χ2v) is 8.34. The molecule has 1 fully saturated rings. The van der Waals surface area contributed by atoms with E-state index in [0.29, 0.717) is 48.6 Å². The summed E-state index contributed by atoms with van der Waals surface area (Å²) < 4.78 is 1.55. The third-order valence-corrected chi connectivity index (χ3v) is 6.13. The van der Waals surface area contributed by atoms with Crippen LogP contribution in [0.5, 0.6) is 0 Å². The predicted octanol–water partition coefficient (Wildman–Crippen LogP) is 1.80. The van der Waals surface area contributed by atoms with Crippen LogP contribution in [0.15, 0.2) is 70.5 Å². The summed E-state index contributed by atoms with van der Waals surface area (Å²) in [5.41, 5.74) is 1.95. The summed E-state index contributed by atoms with van der Waals surface area (Å²) in [5.74, 6) is 0.621. The van der Waals surface area contributed by atoms with Crippen LogP contribution in [0.1, 0.15) is 21.5 Å². The molecule has 1 N–H and O–H groups in total. The summed E-state index contributed by atoms with van der Waals surface area (Å²) in [6, 6.07) is 14.5. The number of nitrogens with one attached hydrogen (secondary N) is 1. The molecule has 3 heterocycles. The molecule has 2 aromatic heterocycles. The normalized spacial score (nSPS) is 13.9. The van der Waals surface area contributed by atoms with Gasteiger partial charge in [-0.05, 0) is 42.3 Å². The van der Waals surface area contributed by atoms with Crippen molar-refractivity contribution < 1.29 is 4.79 Å². The Hall–Kier alpha value is -4.27. The molecule has 4 aromatic rings. The van der Waals surface area contributed by atoms with Crippen molar-refractivity contribution in [2.45, 2.75) is 13.5 Å². The highest BCUT2D eigenvalue weighted by molar-refractivity contribution is 5.94. The standard InChI is InChI=1S/C25H24N6O3/c1-17-5-2-8-20-21(17)31(25(34)28-22(20)32)16-18-6-3-7-19(15-18)23(33)29-11-13-30(14-12-29)24-26-9-4-10-27-24/h2-10,15H,11-14,16H2,1H3,(H,28,32,34). The topological polar surface area (TPSA) is 104 Å². The van der Waals surface area contributed by atoms with Crippen LogP contribution < -0.4 is 16.1 Å². The Morgan fingerprint density at radius 3 is 2.47 bits per heavy atom. The maximum atomic E-state index is 13.2. The van der Waals surface area contributed by atoms with E-state index in [0.717, 1.165) is 11.1 Å². The number of nitrogens with zero attached hydrogens (tertiary/aromatic N) is 5. The van der Waals surface area contributed by atoms with Gasteiger partial charge in [0.2, 0.25) is 5.95 Å². The number of fused-ring (bicyclic) bond motifs is 1. The van der Waals surface area contributed by atoms with Crippen LogP contribution >= 0.6 is 0 Å². The van der Waals surface area contributed by atoms with E-state index in [9.17, 15) is 14.4 Å². The molecular weight excluding hydrogens is 432 g/mol. The highest BCUT2D eigenvalue weighted by Crippen LogP contribution is 2.17. The molecule has 1 amide bonds. The van der Waals surface area contributed by atoms with Crippen molar-refractivity contribution in [1.29, 1.82) is 0 Å². The van der Waals surface area contributed by atoms with Gasteiger partial charge in [-0.1, -0.05) is 24.3 Å². The molecule has 172 valence electrons. The van der Waals surface area contributed by atoms with Crippen LogP contribution in [-0.2, 0) is 6.54 Å². The van der Waals surface area contributed by atoms with Gasteiger partial charge in [0.1, 0.15) is 0 Å². The minimum atomic E-state index is -0.470. The zero-order chi connectivity index (χ0) is 23.7. The van der Waals surface area contributed by atoms with Crippen LogP contribution in [-0.4, -0.2) is 56.5 Å².